The zero-order valence-electron chi connectivity index (χ0n) is 16.7. The lowest BCUT2D eigenvalue weighted by atomic mass is 9.74. The minimum Gasteiger partial charge on any atom is -0.497 e. The summed E-state index contributed by atoms with van der Waals surface area (Å²) in [5.41, 5.74) is 1.37. The number of anilines is 2. The van der Waals surface area contributed by atoms with E-state index in [2.05, 4.69) is 38.4 Å². The van der Waals surface area contributed by atoms with Crippen LogP contribution in [0.3, 0.4) is 0 Å². The van der Waals surface area contributed by atoms with Crippen molar-refractivity contribution in [3.63, 3.8) is 0 Å². The van der Waals surface area contributed by atoms with Crippen molar-refractivity contribution in [3.8, 4) is 5.75 Å². The number of rotatable bonds is 6. The Morgan fingerprint density at radius 3 is 2.54 bits per heavy atom. The largest absolute Gasteiger partial charge is 0.497 e. The molecular formula is C22H30N4O2. The standard InChI is InChI=1S/C22H30N4O2/c1-27-19-7-5-18(6-8-19)22(9-13-28-14-10-22)16-23-20-15-21(25-17-24-20)26-11-3-2-4-12-26/h5-8,15,17H,2-4,9-14,16H2,1H3,(H,23,24,25). The van der Waals surface area contributed by atoms with Crippen LogP contribution >= 0.6 is 0 Å². The first kappa shape index (κ1) is 19.0. The maximum atomic E-state index is 5.66. The van der Waals surface area contributed by atoms with E-state index in [4.69, 9.17) is 9.47 Å². The molecule has 4 rings (SSSR count). The Kier molecular flexibility index (Phi) is 5.95. The molecule has 150 valence electrons. The number of piperidine rings is 1. The molecule has 1 aromatic heterocycles. The van der Waals surface area contributed by atoms with Crippen molar-refractivity contribution >= 4 is 11.6 Å². The summed E-state index contributed by atoms with van der Waals surface area (Å²) in [7, 11) is 1.70. The normalized spacial score (nSPS) is 19.2. The zero-order valence-corrected chi connectivity index (χ0v) is 16.7. The maximum absolute atomic E-state index is 5.66. The maximum Gasteiger partial charge on any atom is 0.134 e. The van der Waals surface area contributed by atoms with E-state index >= 15 is 0 Å². The van der Waals surface area contributed by atoms with Crippen LogP contribution < -0.4 is 15.0 Å². The molecular weight excluding hydrogens is 352 g/mol. The molecule has 2 fully saturated rings. The molecule has 0 radical (unpaired) electrons. The third-order valence-corrected chi connectivity index (χ3v) is 6.09. The summed E-state index contributed by atoms with van der Waals surface area (Å²) in [6.07, 6.45) is 7.48. The summed E-state index contributed by atoms with van der Waals surface area (Å²) in [5.74, 6) is 2.82. The second-order valence-corrected chi connectivity index (χ2v) is 7.78. The molecule has 0 amide bonds. The second-order valence-electron chi connectivity index (χ2n) is 7.78. The molecule has 0 aliphatic carbocycles. The minimum absolute atomic E-state index is 0.0424. The third-order valence-electron chi connectivity index (χ3n) is 6.09. The number of nitrogens with zero attached hydrogens (tertiary/aromatic N) is 3. The molecule has 6 heteroatoms. The highest BCUT2D eigenvalue weighted by atomic mass is 16.5. The molecule has 3 heterocycles. The van der Waals surface area contributed by atoms with Crippen molar-refractivity contribution in [2.24, 2.45) is 0 Å². The van der Waals surface area contributed by atoms with Crippen LogP contribution in [0.15, 0.2) is 36.7 Å². The van der Waals surface area contributed by atoms with Gasteiger partial charge in [0, 0.05) is 44.3 Å². The van der Waals surface area contributed by atoms with Gasteiger partial charge in [-0.05, 0) is 49.8 Å². The van der Waals surface area contributed by atoms with E-state index in [-0.39, 0.29) is 5.41 Å². The first-order chi connectivity index (χ1) is 13.8. The van der Waals surface area contributed by atoms with E-state index in [1.807, 2.05) is 12.1 Å². The van der Waals surface area contributed by atoms with Crippen molar-refractivity contribution in [3.05, 3.63) is 42.2 Å². The lowest BCUT2D eigenvalue weighted by Gasteiger charge is -2.38. The first-order valence-electron chi connectivity index (χ1n) is 10.3. The molecule has 2 aromatic rings. The summed E-state index contributed by atoms with van der Waals surface area (Å²) in [6.45, 7) is 4.58. The van der Waals surface area contributed by atoms with Gasteiger partial charge in [0.25, 0.3) is 0 Å². The van der Waals surface area contributed by atoms with E-state index < -0.39 is 0 Å². The van der Waals surface area contributed by atoms with Crippen molar-refractivity contribution < 1.29 is 9.47 Å². The molecule has 1 aromatic carbocycles. The van der Waals surface area contributed by atoms with Crippen molar-refractivity contribution in [2.75, 3.05) is 50.2 Å². The Morgan fingerprint density at radius 1 is 1.07 bits per heavy atom. The Morgan fingerprint density at radius 2 is 1.82 bits per heavy atom. The lowest BCUT2D eigenvalue weighted by molar-refractivity contribution is 0.0543. The number of ether oxygens (including phenoxy) is 2. The summed E-state index contributed by atoms with van der Waals surface area (Å²) >= 11 is 0. The molecule has 28 heavy (non-hydrogen) atoms. The van der Waals surface area contributed by atoms with Gasteiger partial charge in [-0.15, -0.1) is 0 Å². The third kappa shape index (κ3) is 4.22. The molecule has 0 unspecified atom stereocenters. The van der Waals surface area contributed by atoms with Gasteiger partial charge in [-0.2, -0.15) is 0 Å². The quantitative estimate of drug-likeness (QED) is 0.823. The molecule has 6 nitrogen and oxygen atoms in total. The number of hydrogen-bond acceptors (Lipinski definition) is 6. The topological polar surface area (TPSA) is 59.5 Å². The van der Waals surface area contributed by atoms with Gasteiger partial charge in [0.15, 0.2) is 0 Å². The molecule has 2 aliphatic heterocycles. The highest BCUT2D eigenvalue weighted by Gasteiger charge is 2.34. The van der Waals surface area contributed by atoms with Gasteiger partial charge < -0.3 is 19.7 Å². The van der Waals surface area contributed by atoms with Crippen molar-refractivity contribution in [1.82, 2.24) is 9.97 Å². The van der Waals surface area contributed by atoms with Gasteiger partial charge in [-0.3, -0.25) is 0 Å². The average Bonchev–Trinajstić information content (AvgIpc) is 2.79. The average molecular weight is 383 g/mol. The summed E-state index contributed by atoms with van der Waals surface area (Å²) in [5, 5.41) is 3.60. The van der Waals surface area contributed by atoms with E-state index in [0.29, 0.717) is 0 Å². The van der Waals surface area contributed by atoms with Gasteiger partial charge in [0.05, 0.1) is 7.11 Å². The predicted molar refractivity (Wildman–Crippen MR) is 111 cm³/mol. The highest BCUT2D eigenvalue weighted by molar-refractivity contribution is 5.49. The Labute approximate surface area is 167 Å². The molecule has 2 saturated heterocycles. The lowest BCUT2D eigenvalue weighted by Crippen LogP contribution is -2.40. The molecule has 0 atom stereocenters. The van der Waals surface area contributed by atoms with Crippen LogP contribution in [0, 0.1) is 0 Å². The minimum atomic E-state index is 0.0424. The molecule has 0 bridgehead atoms. The van der Waals surface area contributed by atoms with Crippen LogP contribution in [-0.2, 0) is 10.2 Å². The number of nitrogens with one attached hydrogen (secondary N) is 1. The van der Waals surface area contributed by atoms with Gasteiger partial charge in [-0.25, -0.2) is 9.97 Å². The van der Waals surface area contributed by atoms with Crippen molar-refractivity contribution in [2.45, 2.75) is 37.5 Å². The Balaban J connectivity index is 1.50. The van der Waals surface area contributed by atoms with Gasteiger partial charge in [-0.1, -0.05) is 12.1 Å². The number of aromatic nitrogens is 2. The summed E-state index contributed by atoms with van der Waals surface area (Å²) < 4.78 is 11.0. The van der Waals surface area contributed by atoms with Crippen LogP contribution in [-0.4, -0.2) is 49.9 Å². The smallest absolute Gasteiger partial charge is 0.134 e. The van der Waals surface area contributed by atoms with Crippen LogP contribution in [0.5, 0.6) is 5.75 Å². The van der Waals surface area contributed by atoms with E-state index in [9.17, 15) is 0 Å². The van der Waals surface area contributed by atoms with Crippen LogP contribution in [0.25, 0.3) is 0 Å². The Hall–Kier alpha value is -2.34. The highest BCUT2D eigenvalue weighted by Crippen LogP contribution is 2.36. The monoisotopic (exact) mass is 382 g/mol. The fraction of sp³-hybridized carbons (Fsp3) is 0.545. The molecule has 1 N–H and O–H groups in total. The predicted octanol–water partition coefficient (Wildman–Crippen LogP) is 3.64. The summed E-state index contributed by atoms with van der Waals surface area (Å²) in [6, 6.07) is 10.6. The van der Waals surface area contributed by atoms with Crippen LogP contribution in [0.1, 0.15) is 37.7 Å². The zero-order chi connectivity index (χ0) is 19.2. The molecule has 0 saturated carbocycles. The molecule has 0 spiro atoms. The van der Waals surface area contributed by atoms with Crippen LogP contribution in [0.4, 0.5) is 11.6 Å². The number of methoxy groups -OCH3 is 1. The van der Waals surface area contributed by atoms with Gasteiger partial charge in [0.1, 0.15) is 23.7 Å². The number of benzene rings is 1. The Bertz CT molecular complexity index is 753. The van der Waals surface area contributed by atoms with E-state index in [1.54, 1.807) is 13.4 Å². The summed E-state index contributed by atoms with van der Waals surface area (Å²) in [4.78, 5) is 11.3. The van der Waals surface area contributed by atoms with Gasteiger partial charge >= 0.3 is 0 Å². The fourth-order valence-corrected chi connectivity index (χ4v) is 4.27. The van der Waals surface area contributed by atoms with Crippen LogP contribution in [0.2, 0.25) is 0 Å². The first-order valence-corrected chi connectivity index (χ1v) is 10.3. The molecule has 2 aliphatic rings. The number of hydrogen-bond donors (Lipinski definition) is 1. The van der Waals surface area contributed by atoms with E-state index in [1.165, 1.54) is 24.8 Å². The fourth-order valence-electron chi connectivity index (χ4n) is 4.27. The van der Waals surface area contributed by atoms with E-state index in [0.717, 1.165) is 63.1 Å². The second kappa shape index (κ2) is 8.78. The van der Waals surface area contributed by atoms with Crippen molar-refractivity contribution in [1.29, 1.82) is 0 Å². The van der Waals surface area contributed by atoms with Gasteiger partial charge in [0.2, 0.25) is 0 Å². The SMILES string of the molecule is COc1ccc(C2(CNc3cc(N4CCCCC4)ncn3)CCOCC2)cc1.